The van der Waals surface area contributed by atoms with Gasteiger partial charge in [0, 0.05) is 236 Å². The molecule has 0 bridgehead atoms. The fourth-order valence-corrected chi connectivity index (χ4v) is 17.8. The van der Waals surface area contributed by atoms with Crippen molar-refractivity contribution >= 4 is 172 Å². The number of phenolic OH excluding ortho intramolecular Hbond substituents is 4. The number of allylic oxidation sites excluding steroid dienone is 1. The molecule has 0 spiro atoms. The van der Waals surface area contributed by atoms with Crippen molar-refractivity contribution in [3.8, 4) is 67.5 Å². The summed E-state index contributed by atoms with van der Waals surface area (Å²) in [5.74, 6) is -7.65. The van der Waals surface area contributed by atoms with Crippen molar-refractivity contribution in [2.45, 2.75) is 39.5 Å². The Morgan fingerprint density at radius 1 is 0.366 bits per heavy atom. The number of phenols is 4. The molecule has 762 valence electrons. The molecule has 4 fully saturated rings. The molecule has 0 atom stereocenters. The van der Waals surface area contributed by atoms with E-state index in [1.54, 1.807) is 81.8 Å². The van der Waals surface area contributed by atoms with Crippen molar-refractivity contribution in [3.63, 3.8) is 0 Å². The number of nitrogens with zero attached hydrogens (tertiary/aromatic N) is 19. The van der Waals surface area contributed by atoms with E-state index in [-0.39, 0.29) is 196 Å². The van der Waals surface area contributed by atoms with E-state index in [1.165, 1.54) is 112 Å². The van der Waals surface area contributed by atoms with E-state index in [1.807, 2.05) is 19.6 Å². The lowest BCUT2D eigenvalue weighted by molar-refractivity contribution is -0.131. The van der Waals surface area contributed by atoms with E-state index < -0.39 is 69.5 Å². The summed E-state index contributed by atoms with van der Waals surface area (Å²) >= 11 is 25.7. The molecular formula is C100H102Cl4F8N22O11. The summed E-state index contributed by atoms with van der Waals surface area (Å²) in [4.78, 5) is 138. The quantitative estimate of drug-likeness (QED) is 0.0218. The fraction of sp³-hybridized carbons (Fsp3) is 0.310. The van der Waals surface area contributed by atoms with Crippen molar-refractivity contribution in [1.82, 2.24) is 74.2 Å². The number of benzene rings is 8. The van der Waals surface area contributed by atoms with Crippen LogP contribution < -0.4 is 35.6 Å². The Morgan fingerprint density at radius 3 is 0.890 bits per heavy atom. The van der Waals surface area contributed by atoms with Gasteiger partial charge in [-0.25, -0.2) is 60.0 Å². The number of halogens is 12. The number of amides is 7. The van der Waals surface area contributed by atoms with E-state index >= 15 is 17.6 Å². The van der Waals surface area contributed by atoms with Crippen molar-refractivity contribution < 1.29 is 89.1 Å². The zero-order valence-corrected chi connectivity index (χ0v) is 83.0. The lowest BCUT2D eigenvalue weighted by Crippen LogP contribution is -2.49. The van der Waals surface area contributed by atoms with Crippen LogP contribution in [0.1, 0.15) is 39.5 Å². The number of hydrogen-bond donors (Lipinski definition) is 7. The highest BCUT2D eigenvalue weighted by Crippen LogP contribution is 2.49. The minimum atomic E-state index is -0.926. The van der Waals surface area contributed by atoms with Crippen LogP contribution in [0.2, 0.25) is 20.1 Å². The smallest absolute Gasteiger partial charge is 0.246 e. The number of hydrogen-bond acceptors (Lipinski definition) is 26. The van der Waals surface area contributed by atoms with Gasteiger partial charge >= 0.3 is 0 Å². The van der Waals surface area contributed by atoms with Gasteiger partial charge in [0.25, 0.3) is 0 Å². The maximum Gasteiger partial charge on any atom is 0.246 e. The molecule has 4 aliphatic rings. The van der Waals surface area contributed by atoms with Gasteiger partial charge in [-0.15, -0.1) is 0 Å². The van der Waals surface area contributed by atoms with Crippen LogP contribution >= 0.6 is 46.4 Å². The van der Waals surface area contributed by atoms with Gasteiger partial charge in [0.15, 0.2) is 23.3 Å². The highest BCUT2D eigenvalue weighted by molar-refractivity contribution is 6.36. The molecular weight excluding hydrogens is 1980 g/mol. The summed E-state index contributed by atoms with van der Waals surface area (Å²) in [6, 6.07) is 20.5. The largest absolute Gasteiger partial charge is 0.507 e. The molecule has 4 aliphatic heterocycles. The lowest BCUT2D eigenvalue weighted by atomic mass is 10.0. The second kappa shape index (κ2) is 47.5. The molecule has 0 aliphatic carbocycles. The number of aromatic hydroxyl groups is 4. The van der Waals surface area contributed by atoms with E-state index in [2.05, 4.69) is 69.0 Å². The maximum atomic E-state index is 16.1. The number of aromatic nitrogens is 8. The van der Waals surface area contributed by atoms with Gasteiger partial charge in [-0.2, -0.15) is 15.0 Å². The summed E-state index contributed by atoms with van der Waals surface area (Å²) in [5.41, 5.74) is -3.07. The van der Waals surface area contributed by atoms with Gasteiger partial charge in [0.1, 0.15) is 97.9 Å². The first-order valence-corrected chi connectivity index (χ1v) is 47.3. The zero-order valence-electron chi connectivity index (χ0n) is 80.0. The second-order valence-corrected chi connectivity index (χ2v) is 35.7. The Hall–Kier alpha value is -15.0. The number of carbonyl (C=O) groups is 7. The van der Waals surface area contributed by atoms with Crippen molar-refractivity contribution in [1.29, 1.82) is 0 Å². The predicted molar refractivity (Wildman–Crippen MR) is 542 cm³/mol. The van der Waals surface area contributed by atoms with Crippen LogP contribution in [-0.4, -0.2) is 303 Å². The topological polar surface area (TPSA) is 375 Å². The molecule has 4 saturated heterocycles. The first-order valence-electron chi connectivity index (χ1n) is 45.8. The van der Waals surface area contributed by atoms with Crippen molar-refractivity contribution in [3.05, 3.63) is 207 Å². The predicted octanol–water partition coefficient (Wildman–Crippen LogP) is 15.4. The average molecular weight is 2080 g/mol. The standard InChI is InChI=1S/C26H29ClF2N6O3.2C26H27ClF2N6O3.C22H19ClF2N4O2/c3*1-4-19(37)34-10-12-35(13-11-34)25-15-14-16(27)21(22-17(28)6-5-7-18(22)36)23(29)24(15)31-26(32-25)30-9-8-20(38)33(2)3;1-2-4-17(31)28-7-9-29(10-8-28)22-13-11-14(23)18(20(25)21(13)26-12-27-22)19-15(24)5-3-6-16(19)30/h5-7,14,36H,4,8-13H2,1-3H3,(H,30,31,32);2*4-7,14,36H,1,8-13H2,2-3H3,(H,30,31,32);2-6,11-12,30H,7-10H2,1H3/b;;;4-2+. The van der Waals surface area contributed by atoms with E-state index in [4.69, 9.17) is 46.4 Å². The maximum absolute atomic E-state index is 16.1. The lowest BCUT2D eigenvalue weighted by Gasteiger charge is -2.36. The Morgan fingerprint density at radius 2 is 0.628 bits per heavy atom. The summed E-state index contributed by atoms with van der Waals surface area (Å²) in [6.45, 7) is 18.3. The van der Waals surface area contributed by atoms with Crippen molar-refractivity contribution in [2.75, 3.05) is 202 Å². The third-order valence-corrected chi connectivity index (χ3v) is 25.5. The zero-order chi connectivity index (χ0) is 105. The molecule has 7 amide bonds. The monoisotopic (exact) mass is 2080 g/mol. The second-order valence-electron chi connectivity index (χ2n) is 34.1. The van der Waals surface area contributed by atoms with Gasteiger partial charge in [0.05, 0.1) is 42.3 Å². The van der Waals surface area contributed by atoms with E-state index in [0.717, 1.165) is 24.3 Å². The van der Waals surface area contributed by atoms with Crippen LogP contribution in [0.3, 0.4) is 0 Å². The highest BCUT2D eigenvalue weighted by Gasteiger charge is 2.35. The summed E-state index contributed by atoms with van der Waals surface area (Å²) in [6.07, 6.45) is 7.84. The minimum Gasteiger partial charge on any atom is -0.507 e. The normalized spacial score (nSPS) is 13.8. The Labute approximate surface area is 847 Å². The number of fused-ring (bicyclic) bond motifs is 4. The Balaban J connectivity index is 0.000000162. The Kier molecular flexibility index (Phi) is 35.1. The Bertz CT molecular complexity index is 6740. The van der Waals surface area contributed by atoms with Gasteiger partial charge in [0.2, 0.25) is 59.2 Å². The number of carbonyl (C=O) groups excluding carboxylic acids is 7. The van der Waals surface area contributed by atoms with Crippen LogP contribution in [0.25, 0.3) is 88.1 Å². The summed E-state index contributed by atoms with van der Waals surface area (Å²) < 4.78 is 122. The average Bonchev–Trinajstić information content (AvgIpc) is 0.748. The molecule has 0 unspecified atom stereocenters. The molecule has 8 aromatic carbocycles. The van der Waals surface area contributed by atoms with Crippen LogP contribution in [0.4, 0.5) is 76.2 Å². The minimum absolute atomic E-state index is 0.0283. The highest BCUT2D eigenvalue weighted by atomic mass is 35.5. The number of nitrogens with one attached hydrogen (secondary N) is 3. The third-order valence-electron chi connectivity index (χ3n) is 24.3. The van der Waals surface area contributed by atoms with Crippen LogP contribution in [0, 0.1) is 46.5 Å². The summed E-state index contributed by atoms with van der Waals surface area (Å²) in [7, 11) is 9.86. The molecule has 12 aromatic rings. The number of anilines is 7. The molecule has 8 heterocycles. The molecule has 0 radical (unpaired) electrons. The van der Waals surface area contributed by atoms with E-state index in [0.29, 0.717) is 145 Å². The molecule has 145 heavy (non-hydrogen) atoms. The van der Waals surface area contributed by atoms with Crippen LogP contribution in [-0.2, 0) is 33.6 Å². The number of piperazine rings is 4. The first-order chi connectivity index (χ1) is 69.3. The molecule has 16 rings (SSSR count). The SMILES string of the molecule is C/C=C/C(=O)N1CCN(c2ncnc3c(F)c(-c4c(O)cccc4F)c(Cl)cc23)CC1.C=CC(=O)N1CCN(c2nc(NCCC(=O)N(C)C)nc3c(F)c(-c4c(O)cccc4F)c(Cl)cc23)CC1.C=CC(=O)N1CCN(c2nc(NCCC(=O)N(C)C)nc3c(F)c(-c4c(O)cccc4F)c(Cl)cc23)CC1.CCC(=O)N1CCN(c2nc(NCCC(=O)N(C)C)nc3c(F)c(-c4c(O)cccc4F)c(Cl)cc23)CC1. The molecule has 45 heteroatoms. The molecule has 33 nitrogen and oxygen atoms in total. The van der Waals surface area contributed by atoms with Gasteiger partial charge < -0.3 is 90.3 Å². The van der Waals surface area contributed by atoms with Crippen LogP contribution in [0.5, 0.6) is 23.0 Å². The van der Waals surface area contributed by atoms with E-state index in [9.17, 15) is 71.5 Å². The molecule has 7 N–H and O–H groups in total. The first kappa shape index (κ1) is 107. The van der Waals surface area contributed by atoms with Crippen LogP contribution in [0.15, 0.2) is 141 Å². The van der Waals surface area contributed by atoms with Gasteiger partial charge in [-0.05, 0) is 97.9 Å². The number of rotatable bonds is 24. The van der Waals surface area contributed by atoms with Crippen molar-refractivity contribution in [2.24, 2.45) is 0 Å². The third kappa shape index (κ3) is 24.1. The fourth-order valence-electron chi connectivity index (χ4n) is 16.7. The molecule has 4 aromatic heterocycles. The van der Waals surface area contributed by atoms with Gasteiger partial charge in [-0.1, -0.05) is 96.8 Å². The summed E-state index contributed by atoms with van der Waals surface area (Å²) in [5, 5.41) is 50.7. The molecule has 0 saturated carbocycles. The van der Waals surface area contributed by atoms with Gasteiger partial charge in [-0.3, -0.25) is 33.6 Å².